The first kappa shape index (κ1) is 15.4. The van der Waals surface area contributed by atoms with Crippen LogP contribution in [-0.2, 0) is 4.74 Å². The Morgan fingerprint density at radius 3 is 2.25 bits per heavy atom. The largest absolute Gasteiger partial charge is 0.465 e. The van der Waals surface area contributed by atoms with E-state index in [1.54, 1.807) is 59.5 Å². The van der Waals surface area contributed by atoms with Crippen LogP contribution in [0, 0.1) is 0 Å². The number of carbonyl (C=O) groups excluding carboxylic acids is 2. The monoisotopic (exact) mass is 322 g/mol. The van der Waals surface area contributed by atoms with Gasteiger partial charge in [-0.1, -0.05) is 0 Å². The second kappa shape index (κ2) is 6.74. The second-order valence-electron chi connectivity index (χ2n) is 4.91. The zero-order valence-electron chi connectivity index (χ0n) is 12.8. The lowest BCUT2D eigenvalue weighted by Gasteiger charge is -2.07. The Balaban J connectivity index is 1.69. The standard InChI is InChI=1S/C17H14N4O3/c1-24-17(23)13-2-6-14(7-3-13)20-16(22)12-4-8-15(9-5-12)21-11-18-10-19-21/h2-11H,1H3,(H,20,22). The van der Waals surface area contributed by atoms with Gasteiger partial charge in [0.25, 0.3) is 5.91 Å². The molecular weight excluding hydrogens is 308 g/mol. The average Bonchev–Trinajstić information content (AvgIpc) is 3.16. The molecule has 3 aromatic rings. The van der Waals surface area contributed by atoms with Crippen molar-refractivity contribution in [1.82, 2.24) is 14.8 Å². The predicted molar refractivity (Wildman–Crippen MR) is 87.1 cm³/mol. The van der Waals surface area contributed by atoms with Crippen LogP contribution in [0.2, 0.25) is 0 Å². The van der Waals surface area contributed by atoms with Crippen molar-refractivity contribution in [2.24, 2.45) is 0 Å². The average molecular weight is 322 g/mol. The Hall–Kier alpha value is -3.48. The van der Waals surface area contributed by atoms with E-state index in [2.05, 4.69) is 20.1 Å². The summed E-state index contributed by atoms with van der Waals surface area (Å²) in [6.07, 6.45) is 3.02. The lowest BCUT2D eigenvalue weighted by Crippen LogP contribution is -2.12. The minimum Gasteiger partial charge on any atom is -0.465 e. The molecule has 0 unspecified atom stereocenters. The molecule has 1 aromatic heterocycles. The SMILES string of the molecule is COC(=O)c1ccc(NC(=O)c2ccc(-n3cncn3)cc2)cc1. The maximum absolute atomic E-state index is 12.2. The van der Waals surface area contributed by atoms with E-state index in [0.717, 1.165) is 5.69 Å². The molecule has 0 fully saturated rings. The Bertz CT molecular complexity index is 841. The lowest BCUT2D eigenvalue weighted by atomic mass is 10.1. The van der Waals surface area contributed by atoms with Gasteiger partial charge in [-0.05, 0) is 48.5 Å². The summed E-state index contributed by atoms with van der Waals surface area (Å²) in [4.78, 5) is 27.5. The maximum atomic E-state index is 12.2. The molecular formula is C17H14N4O3. The molecule has 3 rings (SSSR count). The third-order valence-corrected chi connectivity index (χ3v) is 3.38. The number of anilines is 1. The molecule has 7 heteroatoms. The van der Waals surface area contributed by atoms with Gasteiger partial charge in [-0.25, -0.2) is 14.5 Å². The molecule has 1 amide bonds. The van der Waals surface area contributed by atoms with Crippen LogP contribution in [0.25, 0.3) is 5.69 Å². The number of hydrogen-bond donors (Lipinski definition) is 1. The summed E-state index contributed by atoms with van der Waals surface area (Å²) in [5.74, 6) is -0.664. The number of esters is 1. The van der Waals surface area contributed by atoms with Gasteiger partial charge in [-0.2, -0.15) is 5.10 Å². The summed E-state index contributed by atoms with van der Waals surface area (Å²) in [5.41, 5.74) is 2.34. The number of benzene rings is 2. The van der Waals surface area contributed by atoms with E-state index in [9.17, 15) is 9.59 Å². The summed E-state index contributed by atoms with van der Waals surface area (Å²) in [7, 11) is 1.32. The highest BCUT2D eigenvalue weighted by Gasteiger charge is 2.08. The van der Waals surface area contributed by atoms with Gasteiger partial charge in [0.2, 0.25) is 0 Å². The van der Waals surface area contributed by atoms with Crippen molar-refractivity contribution in [3.8, 4) is 5.69 Å². The second-order valence-corrected chi connectivity index (χ2v) is 4.91. The molecule has 0 spiro atoms. The minimum atomic E-state index is -0.420. The molecule has 2 aromatic carbocycles. The van der Waals surface area contributed by atoms with E-state index < -0.39 is 5.97 Å². The molecule has 0 radical (unpaired) electrons. The molecule has 0 aliphatic heterocycles. The van der Waals surface area contributed by atoms with Gasteiger partial charge in [-0.3, -0.25) is 4.79 Å². The smallest absolute Gasteiger partial charge is 0.337 e. The summed E-state index contributed by atoms with van der Waals surface area (Å²) >= 11 is 0. The molecule has 24 heavy (non-hydrogen) atoms. The van der Waals surface area contributed by atoms with Crippen LogP contribution in [0.15, 0.2) is 61.2 Å². The van der Waals surface area contributed by atoms with Crippen molar-refractivity contribution in [3.05, 3.63) is 72.3 Å². The Labute approximate surface area is 137 Å². The molecule has 0 atom stereocenters. The van der Waals surface area contributed by atoms with Crippen molar-refractivity contribution in [1.29, 1.82) is 0 Å². The minimum absolute atomic E-state index is 0.244. The number of hydrogen-bond acceptors (Lipinski definition) is 5. The Kier molecular flexibility index (Phi) is 4.33. The highest BCUT2D eigenvalue weighted by Crippen LogP contribution is 2.13. The summed E-state index contributed by atoms with van der Waals surface area (Å²) in [6.45, 7) is 0. The Morgan fingerprint density at radius 1 is 1.00 bits per heavy atom. The van der Waals surface area contributed by atoms with Crippen LogP contribution in [0.1, 0.15) is 20.7 Å². The molecule has 0 aliphatic carbocycles. The first-order chi connectivity index (χ1) is 11.7. The van der Waals surface area contributed by atoms with E-state index in [1.165, 1.54) is 13.4 Å². The number of aromatic nitrogens is 3. The molecule has 120 valence electrons. The topological polar surface area (TPSA) is 86.1 Å². The van der Waals surface area contributed by atoms with Crippen molar-refractivity contribution < 1.29 is 14.3 Å². The third-order valence-electron chi connectivity index (χ3n) is 3.38. The van der Waals surface area contributed by atoms with Crippen molar-refractivity contribution in [2.75, 3.05) is 12.4 Å². The maximum Gasteiger partial charge on any atom is 0.337 e. The summed E-state index contributed by atoms with van der Waals surface area (Å²) < 4.78 is 6.23. The van der Waals surface area contributed by atoms with Crippen LogP contribution in [0.4, 0.5) is 5.69 Å². The lowest BCUT2D eigenvalue weighted by molar-refractivity contribution is 0.0600. The number of rotatable bonds is 4. The number of nitrogens with one attached hydrogen (secondary N) is 1. The van der Waals surface area contributed by atoms with E-state index >= 15 is 0 Å². The predicted octanol–water partition coefficient (Wildman–Crippen LogP) is 2.31. The fraction of sp³-hybridized carbons (Fsp3) is 0.0588. The zero-order chi connectivity index (χ0) is 16.9. The van der Waals surface area contributed by atoms with Gasteiger partial charge in [-0.15, -0.1) is 0 Å². The van der Waals surface area contributed by atoms with Crippen LogP contribution >= 0.6 is 0 Å². The van der Waals surface area contributed by atoms with E-state index in [0.29, 0.717) is 16.8 Å². The number of amides is 1. The van der Waals surface area contributed by atoms with Crippen LogP contribution in [0.3, 0.4) is 0 Å². The van der Waals surface area contributed by atoms with Crippen molar-refractivity contribution >= 4 is 17.6 Å². The molecule has 0 aliphatic rings. The number of methoxy groups -OCH3 is 1. The van der Waals surface area contributed by atoms with Crippen molar-refractivity contribution in [3.63, 3.8) is 0 Å². The van der Waals surface area contributed by atoms with Crippen molar-refractivity contribution in [2.45, 2.75) is 0 Å². The molecule has 0 saturated heterocycles. The van der Waals surface area contributed by atoms with Gasteiger partial charge in [0.05, 0.1) is 18.4 Å². The van der Waals surface area contributed by atoms with Crippen LogP contribution in [-0.4, -0.2) is 33.8 Å². The van der Waals surface area contributed by atoms with Crippen LogP contribution in [0.5, 0.6) is 0 Å². The van der Waals surface area contributed by atoms with Gasteiger partial charge < -0.3 is 10.1 Å². The number of nitrogens with zero attached hydrogens (tertiary/aromatic N) is 3. The quantitative estimate of drug-likeness (QED) is 0.745. The third kappa shape index (κ3) is 3.30. The Morgan fingerprint density at radius 2 is 1.67 bits per heavy atom. The fourth-order valence-corrected chi connectivity index (χ4v) is 2.12. The summed E-state index contributed by atoms with van der Waals surface area (Å²) in [6, 6.07) is 13.4. The van der Waals surface area contributed by atoms with Gasteiger partial charge in [0.1, 0.15) is 12.7 Å². The summed E-state index contributed by atoms with van der Waals surface area (Å²) in [5, 5.41) is 6.80. The normalized spacial score (nSPS) is 10.2. The molecule has 1 N–H and O–H groups in total. The highest BCUT2D eigenvalue weighted by atomic mass is 16.5. The fourth-order valence-electron chi connectivity index (χ4n) is 2.12. The highest BCUT2D eigenvalue weighted by molar-refractivity contribution is 6.04. The van der Waals surface area contributed by atoms with Gasteiger partial charge in [0, 0.05) is 11.3 Å². The number of ether oxygens (including phenoxy) is 1. The van der Waals surface area contributed by atoms with Crippen LogP contribution < -0.4 is 5.32 Å². The number of carbonyl (C=O) groups is 2. The van der Waals surface area contributed by atoms with E-state index in [1.807, 2.05) is 0 Å². The molecule has 0 saturated carbocycles. The molecule has 7 nitrogen and oxygen atoms in total. The van der Waals surface area contributed by atoms with E-state index in [-0.39, 0.29) is 5.91 Å². The van der Waals surface area contributed by atoms with Gasteiger partial charge >= 0.3 is 5.97 Å². The first-order valence-corrected chi connectivity index (χ1v) is 7.12. The molecule has 0 bridgehead atoms. The van der Waals surface area contributed by atoms with E-state index in [4.69, 9.17) is 0 Å². The first-order valence-electron chi connectivity index (χ1n) is 7.12. The van der Waals surface area contributed by atoms with Gasteiger partial charge in [0.15, 0.2) is 0 Å². The molecule has 1 heterocycles. The zero-order valence-corrected chi connectivity index (χ0v) is 12.8.